The van der Waals surface area contributed by atoms with E-state index >= 15 is 0 Å². The number of amides is 4. The van der Waals surface area contributed by atoms with Gasteiger partial charge >= 0.3 is 12.3 Å². The quantitative estimate of drug-likeness (QED) is 0.284. The Bertz CT molecular complexity index is 2210. The first kappa shape index (κ1) is 43.4. The van der Waals surface area contributed by atoms with Crippen LogP contribution in [0.25, 0.3) is 10.9 Å². The van der Waals surface area contributed by atoms with Crippen LogP contribution in [0, 0.1) is 5.92 Å². The van der Waals surface area contributed by atoms with Crippen LogP contribution in [0.3, 0.4) is 0 Å². The highest BCUT2D eigenvalue weighted by Gasteiger charge is 2.64. The largest absolute Gasteiger partial charge is 0.491 e. The van der Waals surface area contributed by atoms with Gasteiger partial charge in [-0.25, -0.2) is 18.2 Å². The molecule has 1 saturated heterocycles. The normalized spacial score (nSPS) is 27.9. The standard InChI is InChI=1S/C41H52F3N5O10S/c1-37(2,3)59-36(54)46-29-11-9-7-5-6-8-10-24-21-40(24,35(53)48-60(55,56)38(4)16-17-38)47-33(51)30-22-39(23-49(30)34(29)52)15-14-26-27-20-25(57-19-18-50)12-13-28(27)45-32(31(26)58-39)41(42,43)44/h8,10,12-13,20,24,29-30,50H,5-7,9,11,14-19,21-23H2,1-4H3,(H,46,54)(H,47,51)(H,48,53). The van der Waals surface area contributed by atoms with Crippen LogP contribution in [-0.4, -0.2) is 101 Å². The summed E-state index contributed by atoms with van der Waals surface area (Å²) in [5, 5.41) is 15.0. The molecular formula is C41H52F3N5O10S. The molecule has 5 aliphatic rings. The second-order valence-electron chi connectivity index (χ2n) is 17.9. The van der Waals surface area contributed by atoms with Gasteiger partial charge in [-0.3, -0.25) is 19.1 Å². The first-order chi connectivity index (χ1) is 28.1. The molecule has 7 rings (SSSR count). The number of aliphatic hydroxyl groups excluding tert-OH is 1. The van der Waals surface area contributed by atoms with Crippen molar-refractivity contribution < 1.29 is 60.1 Å². The maximum absolute atomic E-state index is 14.8. The molecule has 0 bridgehead atoms. The van der Waals surface area contributed by atoms with Crippen molar-refractivity contribution >= 4 is 44.7 Å². The number of rotatable bonds is 7. The minimum Gasteiger partial charge on any atom is -0.491 e. The topological polar surface area (TPSA) is 203 Å². The zero-order chi connectivity index (χ0) is 43.5. The Morgan fingerprint density at radius 2 is 1.85 bits per heavy atom. The molecule has 4 heterocycles. The summed E-state index contributed by atoms with van der Waals surface area (Å²) in [6, 6.07) is 1.74. The smallest absolute Gasteiger partial charge is 0.437 e. The fourth-order valence-electron chi connectivity index (χ4n) is 8.40. The van der Waals surface area contributed by atoms with Gasteiger partial charge in [0.15, 0.2) is 11.4 Å². The van der Waals surface area contributed by atoms with E-state index in [1.54, 1.807) is 26.8 Å². The fourth-order valence-corrected chi connectivity index (χ4v) is 9.72. The number of aliphatic hydroxyl groups is 1. The van der Waals surface area contributed by atoms with Crippen LogP contribution in [0.2, 0.25) is 0 Å². The van der Waals surface area contributed by atoms with Crippen molar-refractivity contribution in [3.05, 3.63) is 41.6 Å². The van der Waals surface area contributed by atoms with Gasteiger partial charge in [0, 0.05) is 23.3 Å². The number of carbonyl (C=O) groups excluding carboxylic acids is 4. The number of allylic oxidation sites excluding steroid dienone is 1. The fraction of sp³-hybridized carbons (Fsp3) is 0.634. The average Bonchev–Trinajstić information content (AvgIpc) is 4.05. The van der Waals surface area contributed by atoms with E-state index in [1.165, 1.54) is 30.0 Å². The Morgan fingerprint density at radius 1 is 1.10 bits per heavy atom. The van der Waals surface area contributed by atoms with Gasteiger partial charge in [-0.1, -0.05) is 25.0 Å². The highest BCUT2D eigenvalue weighted by molar-refractivity contribution is 7.91. The van der Waals surface area contributed by atoms with Crippen molar-refractivity contribution in [2.45, 2.75) is 138 Å². The Labute approximate surface area is 346 Å². The van der Waals surface area contributed by atoms with Crippen molar-refractivity contribution in [2.75, 3.05) is 19.8 Å². The van der Waals surface area contributed by atoms with Crippen molar-refractivity contribution in [3.8, 4) is 11.5 Å². The molecule has 328 valence electrons. The van der Waals surface area contributed by atoms with Gasteiger partial charge in [0.2, 0.25) is 21.8 Å². The first-order valence-electron chi connectivity index (χ1n) is 20.4. The third-order valence-corrected chi connectivity index (χ3v) is 14.3. The summed E-state index contributed by atoms with van der Waals surface area (Å²) >= 11 is 0. The summed E-state index contributed by atoms with van der Waals surface area (Å²) in [7, 11) is -4.11. The van der Waals surface area contributed by atoms with Crippen LogP contribution in [0.5, 0.6) is 11.5 Å². The lowest BCUT2D eigenvalue weighted by Gasteiger charge is -2.37. The lowest BCUT2D eigenvalue weighted by molar-refractivity contribution is -0.144. The van der Waals surface area contributed by atoms with Crippen molar-refractivity contribution in [1.29, 1.82) is 0 Å². The van der Waals surface area contributed by atoms with Gasteiger partial charge < -0.3 is 34.9 Å². The molecule has 2 aliphatic carbocycles. The summed E-state index contributed by atoms with van der Waals surface area (Å²) in [6.45, 7) is 5.80. The number of aromatic nitrogens is 1. The van der Waals surface area contributed by atoms with E-state index in [0.29, 0.717) is 49.7 Å². The molecule has 5 unspecified atom stereocenters. The number of fused-ring (bicyclic) bond motifs is 5. The van der Waals surface area contributed by atoms with Crippen LogP contribution >= 0.6 is 0 Å². The molecule has 2 saturated carbocycles. The van der Waals surface area contributed by atoms with Crippen LogP contribution in [-0.2, 0) is 41.7 Å². The van der Waals surface area contributed by atoms with Crippen molar-refractivity contribution in [3.63, 3.8) is 0 Å². The Balaban J connectivity index is 1.27. The zero-order valence-electron chi connectivity index (χ0n) is 34.1. The number of aryl methyl sites for hydroxylation is 1. The molecule has 3 fully saturated rings. The van der Waals surface area contributed by atoms with Crippen LogP contribution in [0.4, 0.5) is 18.0 Å². The number of ether oxygens (including phenoxy) is 3. The van der Waals surface area contributed by atoms with E-state index in [2.05, 4.69) is 20.3 Å². The highest BCUT2D eigenvalue weighted by Crippen LogP contribution is 2.50. The lowest BCUT2D eigenvalue weighted by atomic mass is 9.87. The molecule has 4 amide bonds. The number of hydrogen-bond donors (Lipinski definition) is 4. The molecule has 3 aliphatic heterocycles. The van der Waals surface area contributed by atoms with Gasteiger partial charge in [0.1, 0.15) is 41.2 Å². The van der Waals surface area contributed by atoms with Crippen LogP contribution < -0.4 is 24.8 Å². The lowest BCUT2D eigenvalue weighted by Crippen LogP contribution is -2.58. The number of hydrogen-bond acceptors (Lipinski definition) is 11. The predicted molar refractivity (Wildman–Crippen MR) is 210 cm³/mol. The number of pyridine rings is 1. The van der Waals surface area contributed by atoms with Gasteiger partial charge in [-0.2, -0.15) is 13.2 Å². The summed E-state index contributed by atoms with van der Waals surface area (Å²) in [5.74, 6) is -3.29. The van der Waals surface area contributed by atoms with Crippen molar-refractivity contribution in [1.82, 2.24) is 25.2 Å². The number of benzene rings is 1. The third kappa shape index (κ3) is 8.74. The Kier molecular flexibility index (Phi) is 11.3. The molecule has 60 heavy (non-hydrogen) atoms. The number of sulfonamides is 1. The minimum absolute atomic E-state index is 0.0205. The number of alkyl halides is 3. The van der Waals surface area contributed by atoms with E-state index in [0.717, 1.165) is 0 Å². The van der Waals surface area contributed by atoms with E-state index in [9.17, 15) is 45.9 Å². The maximum Gasteiger partial charge on any atom is 0.437 e. The van der Waals surface area contributed by atoms with Crippen LogP contribution in [0.15, 0.2) is 30.4 Å². The number of nitrogens with zero attached hydrogens (tertiary/aromatic N) is 2. The number of nitrogens with one attached hydrogen (secondary N) is 3. The molecule has 5 atom stereocenters. The zero-order valence-corrected chi connectivity index (χ0v) is 34.9. The highest BCUT2D eigenvalue weighted by atomic mass is 32.2. The molecule has 19 heteroatoms. The Morgan fingerprint density at radius 3 is 2.53 bits per heavy atom. The number of halogens is 3. The van der Waals surface area contributed by atoms with Gasteiger partial charge in [0.25, 0.3) is 5.91 Å². The molecule has 15 nitrogen and oxygen atoms in total. The van der Waals surface area contributed by atoms with Gasteiger partial charge in [-0.15, -0.1) is 0 Å². The van der Waals surface area contributed by atoms with Crippen LogP contribution in [0.1, 0.15) is 103 Å². The monoisotopic (exact) mass is 863 g/mol. The second kappa shape index (κ2) is 15.7. The molecule has 1 spiro atoms. The minimum atomic E-state index is -4.96. The van der Waals surface area contributed by atoms with E-state index < -0.39 is 90.9 Å². The maximum atomic E-state index is 14.8. The third-order valence-electron chi connectivity index (χ3n) is 12.1. The number of alkyl carbamates (subject to hydrolysis) is 1. The van der Waals surface area contributed by atoms with Gasteiger partial charge in [-0.05, 0) is 97.3 Å². The summed E-state index contributed by atoms with van der Waals surface area (Å²) in [6.07, 6.45) is 0.965. The molecule has 4 N–H and O–H groups in total. The summed E-state index contributed by atoms with van der Waals surface area (Å²) in [4.78, 5) is 61.6. The molecule has 1 aromatic heterocycles. The van der Waals surface area contributed by atoms with Gasteiger partial charge in [0.05, 0.1) is 23.4 Å². The van der Waals surface area contributed by atoms with E-state index in [4.69, 9.17) is 14.2 Å². The average molecular weight is 864 g/mol. The Hall–Kier alpha value is -4.65. The van der Waals surface area contributed by atoms with E-state index in [1.807, 2.05) is 6.08 Å². The SMILES string of the molecule is CC(C)(C)OC(=O)NC1CCCCCC=CC2CC2(C(=O)NS(=O)(=O)C2(C)CC2)NC(=O)C2CC3(CCc4c(c(C(F)(F)F)nc5ccc(OCCO)cc45)O3)CN2C1=O. The van der Waals surface area contributed by atoms with Crippen molar-refractivity contribution in [2.24, 2.45) is 5.92 Å². The number of carbonyl (C=O) groups is 4. The molecular weight excluding hydrogens is 812 g/mol. The van der Waals surface area contributed by atoms with E-state index in [-0.39, 0.29) is 62.9 Å². The first-order valence-corrected chi connectivity index (χ1v) is 21.9. The molecule has 0 radical (unpaired) electrons. The summed E-state index contributed by atoms with van der Waals surface area (Å²) < 4.78 is 89.3. The molecule has 1 aromatic carbocycles. The summed E-state index contributed by atoms with van der Waals surface area (Å²) in [5.41, 5.74) is -5.21. The second-order valence-corrected chi connectivity index (χ2v) is 20.1. The molecule has 2 aromatic rings. The predicted octanol–water partition coefficient (Wildman–Crippen LogP) is 4.58.